The maximum atomic E-state index is 15.6. The zero-order valence-electron chi connectivity index (χ0n) is 60.6. The van der Waals surface area contributed by atoms with Crippen molar-refractivity contribution in [3.8, 4) is 0 Å². The second-order valence-corrected chi connectivity index (χ2v) is 28.5. The van der Waals surface area contributed by atoms with E-state index >= 15 is 4.39 Å². The summed E-state index contributed by atoms with van der Waals surface area (Å²) in [6.45, 7) is 16.9. The third-order valence-electron chi connectivity index (χ3n) is 15.9. The van der Waals surface area contributed by atoms with Gasteiger partial charge in [0.2, 0.25) is 6.17 Å². The summed E-state index contributed by atoms with van der Waals surface area (Å²) >= 11 is 6.13. The van der Waals surface area contributed by atoms with Crippen molar-refractivity contribution in [3.05, 3.63) is 142 Å². The molecule has 9 aromatic rings. The molecule has 562 valence electrons. The van der Waals surface area contributed by atoms with Gasteiger partial charge < -0.3 is 51.1 Å². The van der Waals surface area contributed by atoms with E-state index in [2.05, 4.69) is 81.8 Å². The summed E-state index contributed by atoms with van der Waals surface area (Å²) in [5, 5.41) is 23.7. The molecule has 0 radical (unpaired) electrons. The predicted molar refractivity (Wildman–Crippen MR) is 365 cm³/mol. The minimum atomic E-state index is -3.02. The summed E-state index contributed by atoms with van der Waals surface area (Å²) in [6.07, 6.45) is 18.0. The number of ether oxygens (including phenoxy) is 8. The lowest BCUT2D eigenvalue weighted by Gasteiger charge is -2.20. The monoisotopic (exact) mass is 1480 g/mol. The highest BCUT2D eigenvalue weighted by atomic mass is 35.5. The Hall–Kier alpha value is -10.7. The Morgan fingerprint density at radius 3 is 1.08 bits per heavy atom. The van der Waals surface area contributed by atoms with Crippen LogP contribution in [0.25, 0.3) is 16.9 Å². The number of carbonyl (C=O) groups is 8. The molecule has 0 N–H and O–H groups in total. The first kappa shape index (κ1) is 78.5. The van der Waals surface area contributed by atoms with Crippen LogP contribution < -0.4 is 0 Å². The number of nitrogens with zero attached hydrogens (tertiary/aromatic N) is 15. The Bertz CT molecular complexity index is 4650. The van der Waals surface area contributed by atoms with Gasteiger partial charge in [-0.1, -0.05) is 27.8 Å². The first-order valence-corrected chi connectivity index (χ1v) is 33.9. The number of hydrogen-bond acceptors (Lipinski definition) is 25. The van der Waals surface area contributed by atoms with Crippen LogP contribution in [0.5, 0.6) is 0 Å². The highest BCUT2D eigenvalue weighted by Crippen LogP contribution is 2.43. The number of aromatic nitrogens is 15. The van der Waals surface area contributed by atoms with Crippen molar-refractivity contribution >= 4 is 76.3 Å². The fourth-order valence-electron chi connectivity index (χ4n) is 10.7. The number of alkyl halides is 4. The van der Waals surface area contributed by atoms with E-state index in [0.29, 0.717) is 64.0 Å². The van der Waals surface area contributed by atoms with E-state index in [1.165, 1.54) is 47.3 Å². The average molecular weight is 1480 g/mol. The quantitative estimate of drug-likeness (QED) is 0.0265. The van der Waals surface area contributed by atoms with Gasteiger partial charge in [0.15, 0.2) is 17.1 Å². The van der Waals surface area contributed by atoms with Crippen molar-refractivity contribution in [1.82, 2.24) is 73.1 Å². The number of halogens is 4. The Morgan fingerprint density at radius 2 is 0.771 bits per heavy atom. The molecular weight excluding hydrogens is 1400 g/mol. The van der Waals surface area contributed by atoms with Crippen LogP contribution in [0.15, 0.2) is 74.0 Å². The molecule has 0 bridgehead atoms. The molecule has 12 rings (SSSR count). The number of fused-ring (bicyclic) bond motifs is 3. The van der Waals surface area contributed by atoms with Crippen LogP contribution in [0.1, 0.15) is 201 Å². The van der Waals surface area contributed by atoms with Gasteiger partial charge in [-0.2, -0.15) is 0 Å². The molecule has 3 aliphatic rings. The largest absolute Gasteiger partial charge is 0.467 e. The summed E-state index contributed by atoms with van der Waals surface area (Å²) in [5.41, 5.74) is 4.70. The van der Waals surface area contributed by atoms with E-state index in [-0.39, 0.29) is 36.6 Å². The fourth-order valence-corrected chi connectivity index (χ4v) is 10.9. The molecule has 3 saturated carbocycles. The third kappa shape index (κ3) is 20.8. The number of esters is 8. The van der Waals surface area contributed by atoms with Gasteiger partial charge in [0.05, 0.1) is 96.7 Å². The molecule has 3 aliphatic carbocycles. The molecule has 1 unspecified atom stereocenters. The van der Waals surface area contributed by atoms with Gasteiger partial charge in [-0.25, -0.2) is 80.5 Å². The second kappa shape index (κ2) is 32.6. The van der Waals surface area contributed by atoms with Crippen molar-refractivity contribution in [1.29, 1.82) is 0 Å². The van der Waals surface area contributed by atoms with Crippen molar-refractivity contribution in [2.24, 2.45) is 0 Å². The molecule has 0 spiro atoms. The van der Waals surface area contributed by atoms with Crippen LogP contribution in [0.3, 0.4) is 0 Å². The van der Waals surface area contributed by atoms with E-state index < -0.39 is 89.0 Å². The van der Waals surface area contributed by atoms with Gasteiger partial charge >= 0.3 is 53.4 Å². The molecule has 1 atom stereocenters. The van der Waals surface area contributed by atoms with Crippen molar-refractivity contribution in [2.75, 3.05) is 35.5 Å². The Kier molecular flexibility index (Phi) is 24.3. The Labute approximate surface area is 605 Å². The molecule has 0 aromatic carbocycles. The zero-order chi connectivity index (χ0) is 76.6. The summed E-state index contributed by atoms with van der Waals surface area (Å²) in [6, 6.07) is 5.85. The summed E-state index contributed by atoms with van der Waals surface area (Å²) in [7, 11) is 5.15. The summed E-state index contributed by atoms with van der Waals surface area (Å²) in [5.74, 6) is -5.85. The summed E-state index contributed by atoms with van der Waals surface area (Å²) in [4.78, 5) is 107. The summed E-state index contributed by atoms with van der Waals surface area (Å²) < 4.78 is 89.8. The third-order valence-corrected chi connectivity index (χ3v) is 16.2. The number of methoxy groups -OCH3 is 5. The van der Waals surface area contributed by atoms with E-state index in [9.17, 15) is 47.1 Å². The molecular formula is C70H83ClF3N15O16. The lowest BCUT2D eigenvalue weighted by molar-refractivity contribution is -0.171. The predicted octanol–water partition coefficient (Wildman–Crippen LogP) is 8.48. The van der Waals surface area contributed by atoms with E-state index in [4.69, 9.17) is 25.8 Å². The number of carbonyl (C=O) groups excluding carboxylic acids is 8. The van der Waals surface area contributed by atoms with E-state index in [1.807, 2.05) is 60.4 Å². The number of pyridine rings is 3. The minimum Gasteiger partial charge on any atom is -0.467 e. The lowest BCUT2D eigenvalue weighted by atomic mass is 9.95. The van der Waals surface area contributed by atoms with Crippen molar-refractivity contribution in [2.45, 2.75) is 192 Å². The highest BCUT2D eigenvalue weighted by Gasteiger charge is 2.50. The van der Waals surface area contributed by atoms with Crippen LogP contribution in [-0.2, 0) is 100 Å². The lowest BCUT2D eigenvalue weighted by Crippen LogP contribution is -2.46. The van der Waals surface area contributed by atoms with Gasteiger partial charge in [-0.15, -0.1) is 26.9 Å². The van der Waals surface area contributed by atoms with Crippen LogP contribution in [-0.4, -0.2) is 191 Å². The first-order valence-electron chi connectivity index (χ1n) is 33.4. The van der Waals surface area contributed by atoms with Crippen LogP contribution in [0, 0.1) is 0 Å². The second-order valence-electron chi connectivity index (χ2n) is 28.2. The normalized spacial score (nSPS) is 14.0. The maximum Gasteiger partial charge on any atom is 0.361 e. The molecule has 35 heteroatoms. The van der Waals surface area contributed by atoms with Gasteiger partial charge in [0, 0.05) is 61.1 Å². The van der Waals surface area contributed by atoms with Crippen molar-refractivity contribution < 1.29 is 89.4 Å². The van der Waals surface area contributed by atoms with E-state index in [0.717, 1.165) is 82.2 Å². The topological polar surface area (TPSA) is 354 Å². The highest BCUT2D eigenvalue weighted by molar-refractivity contribution is 6.17. The molecule has 0 aliphatic heterocycles. The first-order chi connectivity index (χ1) is 49.5. The standard InChI is InChI=1S/C24H28FN5O6.C22H26FN5O4.C19H22ClN5O2.C5H7FO4/c1-23(2,3)36-20(31)18-13-30(28-27-18)12-17-11-29-10-16(14-6-7-14)8-15(19(29)26-17)9-24(25,21(32)34-4)22(33)35-5;1-22(2,3)32-21(30)18-12-28(26-25-18)11-16-10-27-9-15(13-5-6-13)7-14(19(27)24-16)8-17(23)20(29)31-4;1-19(2,3)27-18(26)16-11-25(23-22-16)10-15-9-24-8-14(12-4-5-12)6-13(7-20)17(24)21-15;1-9-4(7)3(6)5(8)10-2/h8,10-11,13-14H,6-7,9,12H2,1-5H3;7,9-10,12-13,17H,5-6,8,11H2,1-4H3;6,8-9,11-12H,4-5,7,10H2,1-3H3;3H,1-2H3. The van der Waals surface area contributed by atoms with Gasteiger partial charge in [0.1, 0.15) is 33.7 Å². The molecule has 3 fully saturated rings. The molecule has 105 heavy (non-hydrogen) atoms. The smallest absolute Gasteiger partial charge is 0.361 e. The van der Waals surface area contributed by atoms with Crippen LogP contribution in [0.2, 0.25) is 0 Å². The van der Waals surface area contributed by atoms with Crippen LogP contribution >= 0.6 is 11.6 Å². The zero-order valence-corrected chi connectivity index (χ0v) is 61.3. The van der Waals surface area contributed by atoms with Crippen molar-refractivity contribution in [3.63, 3.8) is 0 Å². The fraction of sp³-hybridized carbons (Fsp3) is 0.500. The Balaban J connectivity index is 0.000000172. The molecule has 31 nitrogen and oxygen atoms in total. The Morgan fingerprint density at radius 1 is 0.457 bits per heavy atom. The number of hydrogen-bond donors (Lipinski definition) is 0. The SMILES string of the molecule is CC(C)(C)OC(=O)c1cn(Cc2cn3cc(C4CC4)cc(CCl)c3n2)nn1.COC(=O)C(F)(Cc1cc(C2CC2)cn2cc(Cn3cc(C(=O)OC(C)(C)C)nn3)nc12)C(=O)OC.COC(=O)C(F)C(=O)OC.COC(=O)C(F)Cc1cc(C2CC2)cn2cc(Cn3cc(C(=O)OC(C)(C)C)nn3)nc12. The van der Waals surface area contributed by atoms with Gasteiger partial charge in [0.25, 0.3) is 6.17 Å². The molecule has 9 heterocycles. The molecule has 9 aromatic heterocycles. The maximum absolute atomic E-state index is 15.6. The molecule has 0 amide bonds. The van der Waals surface area contributed by atoms with E-state index in [1.54, 1.807) is 69.1 Å². The average Bonchev–Trinajstić information content (AvgIpc) is 1.66. The van der Waals surface area contributed by atoms with Gasteiger partial charge in [-0.3, -0.25) is 0 Å². The van der Waals surface area contributed by atoms with Crippen LogP contribution in [0.4, 0.5) is 13.2 Å². The minimum absolute atomic E-state index is 0.0590. The van der Waals surface area contributed by atoms with Gasteiger partial charge in [-0.05, 0) is 147 Å². The number of imidazole rings is 3. The molecule has 0 saturated heterocycles. The number of rotatable bonds is 22.